The monoisotopic (exact) mass is 1320 g/mol. The van der Waals surface area contributed by atoms with Crippen molar-refractivity contribution < 1.29 is 21.9 Å². The molecule has 0 N–H and O–H groups in total. The Balaban J connectivity index is 1.02. The maximum Gasteiger partial charge on any atom is 0.252 e. The molecule has 0 aliphatic carbocycles. The van der Waals surface area contributed by atoms with E-state index in [9.17, 15) is 24.5 Å². The van der Waals surface area contributed by atoms with E-state index in [2.05, 4.69) is 121 Å². The summed E-state index contributed by atoms with van der Waals surface area (Å²) in [7, 11) is 0. The molecule has 0 saturated heterocycles. The Hall–Kier alpha value is -13.1. The van der Waals surface area contributed by atoms with E-state index in [1.54, 1.807) is 6.07 Å². The van der Waals surface area contributed by atoms with Crippen LogP contribution in [0.3, 0.4) is 0 Å². The molecule has 0 fully saturated rings. The molecule has 15 aromatic carbocycles. The normalized spacial score (nSPS) is 14.8. The van der Waals surface area contributed by atoms with Crippen LogP contribution in [0.5, 0.6) is 0 Å². The van der Waals surface area contributed by atoms with Crippen molar-refractivity contribution in [3.63, 3.8) is 0 Å². The molecule has 102 heavy (non-hydrogen) atoms. The van der Waals surface area contributed by atoms with E-state index in [1.165, 1.54) is 9.13 Å². The van der Waals surface area contributed by atoms with Gasteiger partial charge in [0.05, 0.1) is 77.8 Å². The van der Waals surface area contributed by atoms with Crippen LogP contribution in [0.15, 0.2) is 339 Å². The summed E-state index contributed by atoms with van der Waals surface area (Å²) in [4.78, 5) is 4.22. The molecule has 0 amide bonds. The van der Waals surface area contributed by atoms with Crippen LogP contribution in [0, 0.1) is 11.3 Å². The topological polar surface area (TPSA) is 45.1 Å². The van der Waals surface area contributed by atoms with E-state index in [0.717, 1.165) is 77.3 Å². The standard InChI is InChI=1S/C95H65BN6/c1-95(2,3)67-55-76(62-29-9-5-10-30-62)94(77(56-67)63-31-11-6-12-32-63)102-89-54-66(65-34-25-33-64(53-65)61-27-7-4-8-28-61)49-51-79(89)96-80-52-50-68(98-81-41-19-13-35-70(81)71-36-14-20-42-82(71)98)57-90(80)101(88-48-26-47-87(78(88)60-97)100-85-45-23-17-39-74(85)75-40-18-24-46-86(75)100)91-58-69(59-92(102)93(91)96)99-83-43-21-15-37-72(83)73-38-16-22-44-84(73)99/h4-59H,1-3H3/i13D,14D,15D,16D,19D,20D,21D,22D,35D,36D,37D,38D,41D,42D,43D,44D. The summed E-state index contributed by atoms with van der Waals surface area (Å²) in [6.07, 6.45) is 0. The van der Waals surface area contributed by atoms with E-state index in [0.29, 0.717) is 50.7 Å². The molecule has 20 rings (SSSR count). The minimum atomic E-state index is -0.851. The number of anilines is 6. The Morgan fingerprint density at radius 3 is 1.28 bits per heavy atom. The zero-order chi connectivity index (χ0) is 81.8. The van der Waals surface area contributed by atoms with Gasteiger partial charge in [0.2, 0.25) is 0 Å². The fourth-order valence-corrected chi connectivity index (χ4v) is 16.0. The van der Waals surface area contributed by atoms with Gasteiger partial charge in [-0.15, -0.1) is 0 Å². The van der Waals surface area contributed by atoms with Gasteiger partial charge < -0.3 is 23.5 Å². The van der Waals surface area contributed by atoms with Crippen LogP contribution in [0.2, 0.25) is 0 Å². The number of aromatic nitrogens is 3. The average Bonchev–Trinajstić information content (AvgIpc) is 1.00. The lowest BCUT2D eigenvalue weighted by molar-refractivity contribution is 0.591. The fraction of sp³-hybridized carbons (Fsp3) is 0.0421. The third kappa shape index (κ3) is 8.99. The number of hydrogen-bond acceptors (Lipinski definition) is 3. The molecule has 5 heterocycles. The summed E-state index contributed by atoms with van der Waals surface area (Å²) in [5.41, 5.74) is 14.6. The van der Waals surface area contributed by atoms with Crippen molar-refractivity contribution in [2.75, 3.05) is 9.80 Å². The molecule has 2 aliphatic heterocycles. The van der Waals surface area contributed by atoms with Crippen molar-refractivity contribution in [2.45, 2.75) is 26.2 Å². The van der Waals surface area contributed by atoms with Crippen molar-refractivity contribution in [1.29, 1.82) is 5.26 Å². The predicted octanol–water partition coefficient (Wildman–Crippen LogP) is 22.9. The predicted molar refractivity (Wildman–Crippen MR) is 429 cm³/mol. The lowest BCUT2D eigenvalue weighted by atomic mass is 9.33. The highest BCUT2D eigenvalue weighted by molar-refractivity contribution is 7.00. The SMILES string of the molecule is [2H]c1c([2H])c([2H])c2c(c1[2H])c1c([2H])c([2H])c([2H])c([2H])c1n2-c1ccc2c(c1)N(c1cccc(-n3c4ccccc4c4ccccc43)c1C#N)c1cc(-n3c4c([2H])c([2H])c([2H])c([2H])c4c4c([2H])c([2H])c([2H])c([2H])c43)cc3c1B2c1ccc(-c2cccc(-c4ccccc4)c2)cc1N3c1c(-c2ccccc2)cc(C(C)(C)C)cc1-c1ccccc1. The number of para-hydroxylation sites is 6. The van der Waals surface area contributed by atoms with Crippen LogP contribution < -0.4 is 26.2 Å². The molecular formula is C95H65BN6. The van der Waals surface area contributed by atoms with Crippen molar-refractivity contribution in [1.82, 2.24) is 13.7 Å². The van der Waals surface area contributed by atoms with Crippen LogP contribution in [-0.4, -0.2) is 20.4 Å². The van der Waals surface area contributed by atoms with Crippen molar-refractivity contribution in [2.24, 2.45) is 0 Å². The van der Waals surface area contributed by atoms with Gasteiger partial charge >= 0.3 is 0 Å². The van der Waals surface area contributed by atoms with Gasteiger partial charge in [-0.25, -0.2) is 0 Å². The lowest BCUT2D eigenvalue weighted by Crippen LogP contribution is -2.61. The number of nitrogens with zero attached hydrogens (tertiary/aromatic N) is 6. The van der Waals surface area contributed by atoms with Gasteiger partial charge in [-0.2, -0.15) is 5.26 Å². The summed E-state index contributed by atoms with van der Waals surface area (Å²) in [5.74, 6) is 0. The summed E-state index contributed by atoms with van der Waals surface area (Å²) in [6.45, 7) is 5.69. The summed E-state index contributed by atoms with van der Waals surface area (Å²) in [6, 6.07) is 74.0. The van der Waals surface area contributed by atoms with E-state index < -0.39 is 109 Å². The minimum absolute atomic E-state index is 0.129. The maximum atomic E-state index is 12.6. The first-order valence-electron chi connectivity index (χ1n) is 41.9. The van der Waals surface area contributed by atoms with Gasteiger partial charge in [0.25, 0.3) is 6.71 Å². The van der Waals surface area contributed by atoms with Gasteiger partial charge in [0, 0.05) is 71.9 Å². The Kier molecular flexibility index (Phi) is 10.1. The molecule has 18 aromatic rings. The van der Waals surface area contributed by atoms with Crippen molar-refractivity contribution in [3.8, 4) is 67.6 Å². The third-order valence-electron chi connectivity index (χ3n) is 20.5. The Bertz CT molecular complexity index is 7270. The highest BCUT2D eigenvalue weighted by atomic mass is 15.2. The highest BCUT2D eigenvalue weighted by Crippen LogP contribution is 2.54. The lowest BCUT2D eigenvalue weighted by Gasteiger charge is -2.45. The number of rotatable bonds is 9. The van der Waals surface area contributed by atoms with E-state index >= 15 is 0 Å². The highest BCUT2D eigenvalue weighted by Gasteiger charge is 2.46. The maximum absolute atomic E-state index is 12.6. The molecule has 0 bridgehead atoms. The summed E-state index contributed by atoms with van der Waals surface area (Å²) < 4.78 is 158. The molecule has 2 aliphatic rings. The number of benzene rings is 15. The Labute approximate surface area is 614 Å². The third-order valence-corrected chi connectivity index (χ3v) is 20.5. The molecule has 478 valence electrons. The molecule has 3 aromatic heterocycles. The first-order valence-corrected chi connectivity index (χ1v) is 33.9. The molecular weight excluding hydrogens is 1240 g/mol. The van der Waals surface area contributed by atoms with Gasteiger partial charge in [-0.3, -0.25) is 0 Å². The largest absolute Gasteiger partial charge is 0.310 e. The van der Waals surface area contributed by atoms with Crippen LogP contribution in [0.4, 0.5) is 34.1 Å². The molecule has 0 radical (unpaired) electrons. The molecule has 0 atom stereocenters. The second-order valence-electron chi connectivity index (χ2n) is 27.1. The van der Waals surface area contributed by atoms with Crippen LogP contribution in [0.25, 0.3) is 127 Å². The number of fused-ring (bicyclic) bond motifs is 13. The quantitative estimate of drug-likeness (QED) is 0.135. The molecule has 0 spiro atoms. The molecule has 0 unspecified atom stereocenters. The van der Waals surface area contributed by atoms with Gasteiger partial charge in [0.1, 0.15) is 11.6 Å². The minimum Gasteiger partial charge on any atom is -0.310 e. The average molecular weight is 1320 g/mol. The summed E-state index contributed by atoms with van der Waals surface area (Å²) >= 11 is 0. The first-order chi connectivity index (χ1) is 56.9. The zero-order valence-electron chi connectivity index (χ0n) is 71.4. The van der Waals surface area contributed by atoms with Crippen LogP contribution in [0.1, 0.15) is 53.8 Å². The second kappa shape index (κ2) is 23.0. The van der Waals surface area contributed by atoms with Crippen molar-refractivity contribution >= 4 is 123 Å². The number of hydrogen-bond donors (Lipinski definition) is 0. The van der Waals surface area contributed by atoms with Gasteiger partial charge in [0.15, 0.2) is 0 Å². The van der Waals surface area contributed by atoms with Crippen LogP contribution >= 0.6 is 0 Å². The second-order valence-corrected chi connectivity index (χ2v) is 27.1. The molecule has 0 saturated carbocycles. The Morgan fingerprint density at radius 2 is 0.745 bits per heavy atom. The van der Waals surface area contributed by atoms with Crippen molar-refractivity contribution in [3.05, 3.63) is 350 Å². The van der Waals surface area contributed by atoms with Gasteiger partial charge in [-0.1, -0.05) is 263 Å². The Morgan fingerprint density at radius 1 is 0.324 bits per heavy atom. The fourth-order valence-electron chi connectivity index (χ4n) is 16.0. The number of nitriles is 1. The van der Waals surface area contributed by atoms with E-state index in [-0.39, 0.29) is 60.5 Å². The van der Waals surface area contributed by atoms with Crippen LogP contribution in [-0.2, 0) is 5.41 Å². The molecule has 6 nitrogen and oxygen atoms in total. The van der Waals surface area contributed by atoms with Gasteiger partial charge in [-0.05, 0) is 158 Å². The molecule has 7 heteroatoms. The van der Waals surface area contributed by atoms with E-state index in [4.69, 9.17) is 2.74 Å². The zero-order valence-corrected chi connectivity index (χ0v) is 55.4. The van der Waals surface area contributed by atoms with E-state index in [1.807, 2.05) is 157 Å². The first kappa shape index (κ1) is 44.7. The summed E-state index contributed by atoms with van der Waals surface area (Å²) in [5, 5.41) is 13.9. The smallest absolute Gasteiger partial charge is 0.252 e.